The van der Waals surface area contributed by atoms with Gasteiger partial charge < -0.3 is 18.8 Å². The third kappa shape index (κ3) is 7.15. The summed E-state index contributed by atoms with van der Waals surface area (Å²) >= 11 is 5.87. The van der Waals surface area contributed by atoms with Gasteiger partial charge in [0.15, 0.2) is 0 Å². The molecule has 230 valence electrons. The van der Waals surface area contributed by atoms with Gasteiger partial charge in [0.25, 0.3) is 0 Å². The van der Waals surface area contributed by atoms with E-state index in [1.165, 1.54) is 11.6 Å². The van der Waals surface area contributed by atoms with Gasteiger partial charge in [0.05, 0.1) is 35.8 Å². The van der Waals surface area contributed by atoms with Gasteiger partial charge >= 0.3 is 5.97 Å². The molecule has 1 aromatic heterocycles. The summed E-state index contributed by atoms with van der Waals surface area (Å²) in [7, 11) is 0. The van der Waals surface area contributed by atoms with Crippen molar-refractivity contribution in [2.45, 2.75) is 65.0 Å². The number of carbonyl (C=O) groups excluding carboxylic acids is 1. The van der Waals surface area contributed by atoms with Crippen molar-refractivity contribution in [2.24, 2.45) is 0 Å². The lowest BCUT2D eigenvalue weighted by Crippen LogP contribution is -2.33. The van der Waals surface area contributed by atoms with E-state index in [4.69, 9.17) is 30.8 Å². The van der Waals surface area contributed by atoms with Crippen LogP contribution < -0.4 is 4.74 Å². The number of hydrogen-bond acceptors (Lipinski definition) is 6. The van der Waals surface area contributed by atoms with E-state index in [1.54, 1.807) is 18.2 Å². The lowest BCUT2D eigenvalue weighted by molar-refractivity contribution is -0.0591. The van der Waals surface area contributed by atoms with Crippen molar-refractivity contribution in [2.75, 3.05) is 19.7 Å². The van der Waals surface area contributed by atoms with Crippen LogP contribution in [0.25, 0.3) is 16.6 Å². The second-order valence-corrected chi connectivity index (χ2v) is 12.8. The normalized spacial score (nSPS) is 17.3. The highest BCUT2D eigenvalue weighted by molar-refractivity contribution is 6.30. The van der Waals surface area contributed by atoms with Gasteiger partial charge in [-0.2, -0.15) is 0 Å². The van der Waals surface area contributed by atoms with Crippen LogP contribution in [0.15, 0.2) is 66.7 Å². The fourth-order valence-electron chi connectivity index (χ4n) is 5.50. The Morgan fingerprint density at radius 1 is 1.14 bits per heavy atom. The highest BCUT2D eigenvalue weighted by atomic mass is 35.5. The molecule has 44 heavy (non-hydrogen) atoms. The Bertz CT molecular complexity index is 1710. The fourth-order valence-corrected chi connectivity index (χ4v) is 5.65. The largest absolute Gasteiger partial charge is 0.489 e. The molecule has 1 unspecified atom stereocenters. The van der Waals surface area contributed by atoms with Crippen molar-refractivity contribution in [1.82, 2.24) is 14.5 Å². The number of ether oxygens (including phenoxy) is 3. The van der Waals surface area contributed by atoms with Crippen LogP contribution >= 0.6 is 11.6 Å². The Morgan fingerprint density at radius 3 is 2.68 bits per heavy atom. The van der Waals surface area contributed by atoms with E-state index in [0.717, 1.165) is 55.0 Å². The summed E-state index contributed by atoms with van der Waals surface area (Å²) in [5, 5.41) is 0.364. The van der Waals surface area contributed by atoms with Gasteiger partial charge in [-0.05, 0) is 87.2 Å². The second-order valence-electron chi connectivity index (χ2n) is 12.4. The van der Waals surface area contributed by atoms with Crippen molar-refractivity contribution >= 4 is 34.2 Å². The van der Waals surface area contributed by atoms with E-state index >= 15 is 0 Å². The fraction of sp³-hybridized carbons (Fsp3) is 0.371. The summed E-state index contributed by atoms with van der Waals surface area (Å²) in [4.78, 5) is 20.2. The zero-order chi connectivity index (χ0) is 30.8. The Morgan fingerprint density at radius 2 is 1.98 bits per heavy atom. The van der Waals surface area contributed by atoms with Crippen LogP contribution in [-0.2, 0) is 29.2 Å². The van der Waals surface area contributed by atoms with Crippen LogP contribution in [-0.4, -0.2) is 51.8 Å². The maximum atomic E-state index is 14.2. The molecule has 0 N–H and O–H groups in total. The molecule has 1 fully saturated rings. The average Bonchev–Trinajstić information content (AvgIpc) is 3.30. The highest BCUT2D eigenvalue weighted by Gasteiger charge is 2.25. The average molecular weight is 618 g/mol. The molecule has 0 bridgehead atoms. The number of aromatic nitrogens is 2. The molecule has 2 aliphatic heterocycles. The molecule has 9 heteroatoms. The number of fused-ring (bicyclic) bond motifs is 1. The highest BCUT2D eigenvalue weighted by Crippen LogP contribution is 2.29. The summed E-state index contributed by atoms with van der Waals surface area (Å²) in [6.07, 6.45) is 4.29. The molecule has 7 nitrogen and oxygen atoms in total. The van der Waals surface area contributed by atoms with Crippen LogP contribution in [0, 0.1) is 5.82 Å². The van der Waals surface area contributed by atoms with Gasteiger partial charge in [0, 0.05) is 30.3 Å². The van der Waals surface area contributed by atoms with Gasteiger partial charge in [-0.3, -0.25) is 4.90 Å². The number of imidazole rings is 1. The Hall–Kier alpha value is -3.72. The molecule has 0 aliphatic carbocycles. The summed E-state index contributed by atoms with van der Waals surface area (Å²) < 4.78 is 33.7. The second kappa shape index (κ2) is 12.7. The molecule has 0 amide bonds. The van der Waals surface area contributed by atoms with Crippen molar-refractivity contribution in [1.29, 1.82) is 0 Å². The van der Waals surface area contributed by atoms with Gasteiger partial charge in [-0.1, -0.05) is 35.9 Å². The minimum Gasteiger partial charge on any atom is -0.489 e. The van der Waals surface area contributed by atoms with Gasteiger partial charge in [-0.15, -0.1) is 0 Å². The maximum absolute atomic E-state index is 14.2. The molecule has 1 atom stereocenters. The zero-order valence-electron chi connectivity index (χ0n) is 25.3. The zero-order valence-corrected chi connectivity index (χ0v) is 26.1. The third-order valence-corrected chi connectivity index (χ3v) is 8.15. The lowest BCUT2D eigenvalue weighted by Gasteiger charge is -2.29. The minimum atomic E-state index is -0.566. The Kier molecular flexibility index (Phi) is 8.76. The molecular formula is C35H37ClFN3O4. The first kappa shape index (κ1) is 30.3. The van der Waals surface area contributed by atoms with E-state index < -0.39 is 5.60 Å². The number of halogens is 2. The SMILES string of the molecule is CC(C)(C)OC(=O)c1ccc2nc(CN3CC=C(c4cccc(OCc5ccc(Cl)cc5F)c4)CC3)n(CC3CCO3)c2c1. The third-order valence-electron chi connectivity index (χ3n) is 7.91. The standard InChI is InChI=1S/C35H37ClFN3O4/c1-35(2,3)44-34(41)25-8-10-31-32(18-25)40(20-29-13-16-42-29)33(38-31)21-39-14-11-23(12-15-39)24-5-4-6-28(17-24)43-22-26-7-9-27(36)19-30(26)37/h4-11,17-19,29H,12-16,20-22H2,1-3H3. The molecule has 0 saturated carbocycles. The summed E-state index contributed by atoms with van der Waals surface area (Å²) in [5.41, 5.74) is 4.54. The van der Waals surface area contributed by atoms with Crippen molar-refractivity contribution < 1.29 is 23.4 Å². The summed E-state index contributed by atoms with van der Waals surface area (Å²) in [5.74, 6) is 0.936. The van der Waals surface area contributed by atoms with E-state index in [1.807, 2.05) is 51.1 Å². The van der Waals surface area contributed by atoms with Gasteiger partial charge in [0.1, 0.15) is 29.6 Å². The summed E-state index contributed by atoms with van der Waals surface area (Å²) in [6, 6.07) is 18.1. The van der Waals surface area contributed by atoms with E-state index in [0.29, 0.717) is 35.0 Å². The molecule has 1 saturated heterocycles. The molecule has 6 rings (SSSR count). The van der Waals surface area contributed by atoms with Crippen LogP contribution in [0.5, 0.6) is 5.75 Å². The van der Waals surface area contributed by atoms with Crippen molar-refractivity contribution in [3.63, 3.8) is 0 Å². The number of rotatable bonds is 9. The predicted octanol–water partition coefficient (Wildman–Crippen LogP) is 7.44. The first-order valence-corrected chi connectivity index (χ1v) is 15.4. The van der Waals surface area contributed by atoms with Crippen LogP contribution in [0.1, 0.15) is 60.9 Å². The van der Waals surface area contributed by atoms with E-state index in [-0.39, 0.29) is 24.5 Å². The number of esters is 1. The monoisotopic (exact) mass is 617 g/mol. The molecule has 3 aromatic carbocycles. The van der Waals surface area contributed by atoms with Crippen molar-refractivity contribution in [3.05, 3.63) is 100 Å². The van der Waals surface area contributed by atoms with Gasteiger partial charge in [-0.25, -0.2) is 14.2 Å². The van der Waals surface area contributed by atoms with Gasteiger partial charge in [0.2, 0.25) is 0 Å². The van der Waals surface area contributed by atoms with Crippen molar-refractivity contribution in [3.8, 4) is 5.75 Å². The molecular weight excluding hydrogens is 581 g/mol. The van der Waals surface area contributed by atoms with E-state index in [9.17, 15) is 9.18 Å². The number of benzene rings is 3. The lowest BCUT2D eigenvalue weighted by atomic mass is 9.99. The molecule has 2 aliphatic rings. The minimum absolute atomic E-state index is 0.130. The van der Waals surface area contributed by atoms with Crippen LogP contribution in [0.2, 0.25) is 5.02 Å². The molecule has 0 radical (unpaired) electrons. The number of nitrogens with zero attached hydrogens (tertiary/aromatic N) is 3. The Labute approximate surface area is 262 Å². The topological polar surface area (TPSA) is 65.8 Å². The van der Waals surface area contributed by atoms with E-state index in [2.05, 4.69) is 21.6 Å². The van der Waals surface area contributed by atoms with Crippen LogP contribution in [0.4, 0.5) is 4.39 Å². The molecule has 0 spiro atoms. The quantitative estimate of drug-likeness (QED) is 0.182. The molecule has 4 aromatic rings. The van der Waals surface area contributed by atoms with Crippen LogP contribution in [0.3, 0.4) is 0 Å². The first-order chi connectivity index (χ1) is 21.1. The maximum Gasteiger partial charge on any atom is 0.338 e. The summed E-state index contributed by atoms with van der Waals surface area (Å²) in [6.45, 7) is 9.55. The Balaban J connectivity index is 1.15. The number of hydrogen-bond donors (Lipinski definition) is 0. The predicted molar refractivity (Wildman–Crippen MR) is 169 cm³/mol. The first-order valence-electron chi connectivity index (χ1n) is 15.0. The molecule has 3 heterocycles. The number of carbonyl (C=O) groups is 1. The smallest absolute Gasteiger partial charge is 0.338 e.